The molecule has 7 heteroatoms. The number of fused-ring (bicyclic) bond motifs is 1. The number of anilines is 1. The number of allylic oxidation sites excluding steroid dienone is 3. The normalized spacial score (nSPS) is 16.2. The predicted octanol–water partition coefficient (Wildman–Crippen LogP) is 1.96. The molecule has 24 heavy (non-hydrogen) atoms. The second-order valence-corrected chi connectivity index (χ2v) is 5.72. The Hall–Kier alpha value is -2.93. The lowest BCUT2D eigenvalue weighted by molar-refractivity contribution is -0.110. The first-order valence-corrected chi connectivity index (χ1v) is 7.62. The lowest BCUT2D eigenvalue weighted by Crippen LogP contribution is -2.21. The Morgan fingerprint density at radius 2 is 2.17 bits per heavy atom. The van der Waals surface area contributed by atoms with E-state index in [1.165, 1.54) is 12.2 Å². The zero-order chi connectivity index (χ0) is 17.1. The number of hydrogen-bond donors (Lipinski definition) is 2. The van der Waals surface area contributed by atoms with Gasteiger partial charge >= 0.3 is 0 Å². The fourth-order valence-electron chi connectivity index (χ4n) is 2.33. The first kappa shape index (κ1) is 15.9. The van der Waals surface area contributed by atoms with Crippen LogP contribution in [-0.4, -0.2) is 58.3 Å². The molecule has 2 aromatic heterocycles. The summed E-state index contributed by atoms with van der Waals surface area (Å²) in [5.41, 5.74) is 1.78. The number of aliphatic hydroxyl groups excluding tert-OH is 1. The van der Waals surface area contributed by atoms with Crippen LogP contribution in [0.15, 0.2) is 53.4 Å². The van der Waals surface area contributed by atoms with Crippen molar-refractivity contribution in [2.45, 2.75) is 0 Å². The predicted molar refractivity (Wildman–Crippen MR) is 94.2 cm³/mol. The molecule has 0 saturated heterocycles. The molecular weight excluding hydrogens is 306 g/mol. The number of likely N-dealkylation sites (N-methyl/N-ethyl adjacent to an activating group) is 1. The van der Waals surface area contributed by atoms with Crippen molar-refractivity contribution in [1.29, 1.82) is 0 Å². The Labute approximate surface area is 139 Å². The van der Waals surface area contributed by atoms with Gasteiger partial charge in [-0.05, 0) is 38.4 Å². The molecule has 124 valence electrons. The van der Waals surface area contributed by atoms with E-state index in [9.17, 15) is 9.90 Å². The summed E-state index contributed by atoms with van der Waals surface area (Å²) in [6.45, 7) is 1.56. The topological polar surface area (TPSA) is 82.2 Å². The van der Waals surface area contributed by atoms with Crippen LogP contribution in [0.1, 0.15) is 0 Å². The maximum atomic E-state index is 11.3. The van der Waals surface area contributed by atoms with Crippen LogP contribution >= 0.6 is 0 Å². The standard InChI is InChI=1S/C17H19N5O2/c1-21(2)10-8-18-17-16(14-5-3-4-9-22(14)20-17)19-13-7-6-12(23)11-15(13)24/h3-7,9,11,24H,8,10H2,1-2H3,(H,18,20)/b19-13+. The van der Waals surface area contributed by atoms with Gasteiger partial charge in [0.15, 0.2) is 11.6 Å². The van der Waals surface area contributed by atoms with Crippen molar-refractivity contribution in [3.63, 3.8) is 0 Å². The summed E-state index contributed by atoms with van der Waals surface area (Å²) >= 11 is 0. The summed E-state index contributed by atoms with van der Waals surface area (Å²) in [6, 6.07) is 5.69. The van der Waals surface area contributed by atoms with Gasteiger partial charge in [-0.25, -0.2) is 9.51 Å². The molecule has 1 aliphatic rings. The van der Waals surface area contributed by atoms with Crippen LogP contribution in [0.3, 0.4) is 0 Å². The summed E-state index contributed by atoms with van der Waals surface area (Å²) in [7, 11) is 4.00. The number of pyridine rings is 1. The van der Waals surface area contributed by atoms with Crippen LogP contribution in [-0.2, 0) is 4.79 Å². The minimum Gasteiger partial charge on any atom is -0.506 e. The molecule has 0 bridgehead atoms. The molecule has 0 aromatic carbocycles. The number of aliphatic imine (C=N–C) groups is 1. The minimum atomic E-state index is -0.254. The van der Waals surface area contributed by atoms with Gasteiger partial charge < -0.3 is 15.3 Å². The van der Waals surface area contributed by atoms with E-state index in [2.05, 4.69) is 20.3 Å². The number of nitrogens with zero attached hydrogens (tertiary/aromatic N) is 4. The molecule has 0 unspecified atom stereocenters. The second kappa shape index (κ2) is 6.67. The van der Waals surface area contributed by atoms with E-state index in [0.717, 1.165) is 18.1 Å². The van der Waals surface area contributed by atoms with Crippen molar-refractivity contribution < 1.29 is 9.90 Å². The molecule has 3 rings (SSSR count). The first-order chi connectivity index (χ1) is 11.5. The fourth-order valence-corrected chi connectivity index (χ4v) is 2.33. The number of aromatic nitrogens is 2. The maximum Gasteiger partial charge on any atom is 0.182 e. The minimum absolute atomic E-state index is 0.142. The van der Waals surface area contributed by atoms with Crippen molar-refractivity contribution in [1.82, 2.24) is 14.5 Å². The maximum absolute atomic E-state index is 11.3. The third-order valence-electron chi connectivity index (χ3n) is 3.54. The van der Waals surface area contributed by atoms with E-state index in [0.29, 0.717) is 23.8 Å². The van der Waals surface area contributed by atoms with E-state index in [-0.39, 0.29) is 11.5 Å². The number of ketones is 1. The first-order valence-electron chi connectivity index (χ1n) is 7.62. The lowest BCUT2D eigenvalue weighted by Gasteiger charge is -2.10. The number of nitrogens with one attached hydrogen (secondary N) is 1. The molecule has 7 nitrogen and oxygen atoms in total. The number of carbonyl (C=O) groups excluding carboxylic acids is 1. The summed E-state index contributed by atoms with van der Waals surface area (Å²) in [6.07, 6.45) is 5.88. The van der Waals surface area contributed by atoms with Gasteiger partial charge in [-0.1, -0.05) is 6.07 Å². The molecule has 0 spiro atoms. The molecule has 1 aliphatic carbocycles. The van der Waals surface area contributed by atoms with Crippen LogP contribution in [0.5, 0.6) is 0 Å². The molecule has 2 N–H and O–H groups in total. The van der Waals surface area contributed by atoms with Gasteiger partial charge in [0.05, 0.1) is 5.52 Å². The van der Waals surface area contributed by atoms with Gasteiger partial charge in [0, 0.05) is 25.4 Å². The summed E-state index contributed by atoms with van der Waals surface area (Å²) in [4.78, 5) is 17.9. The summed E-state index contributed by atoms with van der Waals surface area (Å²) < 4.78 is 1.73. The Balaban J connectivity index is 2.00. The van der Waals surface area contributed by atoms with Crippen molar-refractivity contribution >= 4 is 28.5 Å². The van der Waals surface area contributed by atoms with Gasteiger partial charge in [-0.15, -0.1) is 5.10 Å². The molecular formula is C17H19N5O2. The average molecular weight is 325 g/mol. The van der Waals surface area contributed by atoms with Crippen molar-refractivity contribution in [3.05, 3.63) is 48.4 Å². The van der Waals surface area contributed by atoms with E-state index in [1.54, 1.807) is 4.52 Å². The summed E-state index contributed by atoms with van der Waals surface area (Å²) in [5.74, 6) is 0.237. The summed E-state index contributed by atoms with van der Waals surface area (Å²) in [5, 5.41) is 17.7. The number of hydrogen-bond acceptors (Lipinski definition) is 6. The van der Waals surface area contributed by atoms with Crippen molar-refractivity contribution in [3.8, 4) is 0 Å². The zero-order valence-electron chi connectivity index (χ0n) is 13.6. The highest BCUT2D eigenvalue weighted by atomic mass is 16.3. The van der Waals surface area contributed by atoms with Crippen LogP contribution in [0.25, 0.3) is 5.52 Å². The van der Waals surface area contributed by atoms with Gasteiger partial charge in [0.1, 0.15) is 17.2 Å². The smallest absolute Gasteiger partial charge is 0.182 e. The van der Waals surface area contributed by atoms with Crippen LogP contribution < -0.4 is 5.32 Å². The number of carbonyl (C=O) groups is 1. The van der Waals surface area contributed by atoms with E-state index in [4.69, 9.17) is 0 Å². The molecule has 0 amide bonds. The number of rotatable bonds is 5. The third kappa shape index (κ3) is 3.36. The highest BCUT2D eigenvalue weighted by Gasteiger charge is 2.15. The monoisotopic (exact) mass is 325 g/mol. The van der Waals surface area contributed by atoms with E-state index >= 15 is 0 Å². The largest absolute Gasteiger partial charge is 0.506 e. The molecule has 0 saturated carbocycles. The Bertz CT molecular complexity index is 861. The fraction of sp³-hybridized carbons (Fsp3) is 0.235. The quantitative estimate of drug-likeness (QED) is 0.821. The molecule has 0 fully saturated rings. The highest BCUT2D eigenvalue weighted by Crippen LogP contribution is 2.30. The van der Waals surface area contributed by atoms with Crippen LogP contribution in [0.2, 0.25) is 0 Å². The number of aliphatic hydroxyl groups is 1. The van der Waals surface area contributed by atoms with Gasteiger partial charge in [-0.3, -0.25) is 4.79 Å². The molecule has 0 aliphatic heterocycles. The van der Waals surface area contributed by atoms with Crippen molar-refractivity contribution in [2.24, 2.45) is 4.99 Å². The van der Waals surface area contributed by atoms with E-state index < -0.39 is 0 Å². The third-order valence-corrected chi connectivity index (χ3v) is 3.54. The Morgan fingerprint density at radius 3 is 2.92 bits per heavy atom. The molecule has 0 radical (unpaired) electrons. The Kier molecular flexibility index (Phi) is 4.43. The average Bonchev–Trinajstić information content (AvgIpc) is 2.87. The zero-order valence-corrected chi connectivity index (χ0v) is 13.6. The van der Waals surface area contributed by atoms with Crippen LogP contribution in [0, 0.1) is 0 Å². The van der Waals surface area contributed by atoms with Gasteiger partial charge in [-0.2, -0.15) is 0 Å². The van der Waals surface area contributed by atoms with Crippen molar-refractivity contribution in [2.75, 3.05) is 32.5 Å². The van der Waals surface area contributed by atoms with Gasteiger partial charge in [0.25, 0.3) is 0 Å². The Morgan fingerprint density at radius 1 is 1.33 bits per heavy atom. The lowest BCUT2D eigenvalue weighted by atomic mass is 10.1. The molecule has 2 aromatic rings. The van der Waals surface area contributed by atoms with E-state index in [1.807, 2.05) is 38.5 Å². The van der Waals surface area contributed by atoms with Gasteiger partial charge in [0.2, 0.25) is 0 Å². The van der Waals surface area contributed by atoms with Crippen LogP contribution in [0.4, 0.5) is 11.5 Å². The molecule has 0 atom stereocenters. The highest BCUT2D eigenvalue weighted by molar-refractivity contribution is 6.19. The second-order valence-electron chi connectivity index (χ2n) is 5.72. The SMILES string of the molecule is CN(C)CCNc1nn2ccccc2c1/N=C1\C=CC(=O)C=C1O. The molecule has 2 heterocycles.